The van der Waals surface area contributed by atoms with Gasteiger partial charge in [0, 0.05) is 46.2 Å². The lowest BCUT2D eigenvalue weighted by Gasteiger charge is -2.39. The topological polar surface area (TPSA) is 80.3 Å². The van der Waals surface area contributed by atoms with Crippen molar-refractivity contribution in [3.63, 3.8) is 0 Å². The minimum Gasteiger partial charge on any atom is -0.493 e. The number of carbonyl (C=O) groups is 2. The van der Waals surface area contributed by atoms with Crippen LogP contribution in [0.3, 0.4) is 0 Å². The first-order chi connectivity index (χ1) is 23.1. The van der Waals surface area contributed by atoms with Gasteiger partial charge in [-0.25, -0.2) is 9.59 Å². The zero-order valence-corrected chi connectivity index (χ0v) is 27.8. The molecule has 0 aromatic heterocycles. The highest BCUT2D eigenvalue weighted by atomic mass is 16.5. The van der Waals surface area contributed by atoms with Gasteiger partial charge in [-0.15, -0.1) is 0 Å². The molecule has 4 aromatic carbocycles. The van der Waals surface area contributed by atoms with Crippen molar-refractivity contribution >= 4 is 11.9 Å². The minimum absolute atomic E-state index is 0.0303. The van der Waals surface area contributed by atoms with Gasteiger partial charge in [0.15, 0.2) is 0 Å². The van der Waals surface area contributed by atoms with E-state index in [9.17, 15) is 9.59 Å². The molecule has 2 unspecified atom stereocenters. The molecule has 1 spiro atoms. The Kier molecular flexibility index (Phi) is 9.13. The van der Waals surface area contributed by atoms with Gasteiger partial charge in [-0.1, -0.05) is 87.7 Å². The number of hydrogen-bond acceptors (Lipinski definition) is 7. The zero-order chi connectivity index (χ0) is 34.0. The summed E-state index contributed by atoms with van der Waals surface area (Å²) in [7, 11) is 0. The number of carbonyl (C=O) groups excluding carboxylic acids is 2. The van der Waals surface area contributed by atoms with Gasteiger partial charge in [-0.2, -0.15) is 0 Å². The summed E-state index contributed by atoms with van der Waals surface area (Å²) >= 11 is 0. The van der Waals surface area contributed by atoms with Gasteiger partial charge in [0.1, 0.15) is 23.0 Å². The van der Waals surface area contributed by atoms with Gasteiger partial charge in [0.2, 0.25) is 0 Å². The summed E-state index contributed by atoms with van der Waals surface area (Å²) in [5.41, 5.74) is 6.88. The van der Waals surface area contributed by atoms with E-state index in [4.69, 9.17) is 23.7 Å². The zero-order valence-electron chi connectivity index (χ0n) is 27.8. The molecule has 2 atom stereocenters. The molecule has 7 heteroatoms. The van der Waals surface area contributed by atoms with Crippen molar-refractivity contribution in [1.82, 2.24) is 0 Å². The van der Waals surface area contributed by atoms with E-state index in [1.165, 1.54) is 22.3 Å². The maximum Gasteiger partial charge on any atom is 0.333 e. The summed E-state index contributed by atoms with van der Waals surface area (Å²) in [5, 5.41) is 0. The van der Waals surface area contributed by atoms with Crippen LogP contribution in [0.2, 0.25) is 0 Å². The maximum absolute atomic E-state index is 11.8. The number of rotatable bonds is 12. The molecule has 4 aromatic rings. The van der Waals surface area contributed by atoms with E-state index in [2.05, 4.69) is 73.8 Å². The largest absolute Gasteiger partial charge is 0.493 e. The van der Waals surface area contributed by atoms with Crippen LogP contribution in [0.5, 0.6) is 23.0 Å². The van der Waals surface area contributed by atoms with E-state index < -0.39 is 17.4 Å². The number of hydrogen-bond donors (Lipinski definition) is 0. The molecule has 0 N–H and O–H groups in total. The smallest absolute Gasteiger partial charge is 0.333 e. The normalized spacial score (nSPS) is 14.2. The molecule has 0 radical (unpaired) electrons. The van der Waals surface area contributed by atoms with Crippen LogP contribution in [0.15, 0.2) is 109 Å². The third kappa shape index (κ3) is 6.08. The summed E-state index contributed by atoms with van der Waals surface area (Å²) in [4.78, 5) is 23.7. The molecule has 1 aliphatic carbocycles. The fourth-order valence-electron chi connectivity index (χ4n) is 6.31. The second-order valence-electron chi connectivity index (χ2n) is 12.8. The van der Waals surface area contributed by atoms with Gasteiger partial charge in [0.25, 0.3) is 0 Å². The number of fused-ring (bicyclic) bond motifs is 9. The Morgan fingerprint density at radius 2 is 1.04 bits per heavy atom. The number of ether oxygens (including phenoxy) is 5. The molecule has 0 bridgehead atoms. The van der Waals surface area contributed by atoms with Crippen molar-refractivity contribution in [2.45, 2.75) is 33.1 Å². The van der Waals surface area contributed by atoms with Crippen molar-refractivity contribution < 1.29 is 33.3 Å². The molecule has 1 heterocycles. The quantitative estimate of drug-likeness (QED) is 0.0977. The van der Waals surface area contributed by atoms with Crippen molar-refractivity contribution in [3.8, 4) is 34.1 Å². The Morgan fingerprint density at radius 3 is 1.46 bits per heavy atom. The average molecular weight is 645 g/mol. The molecule has 6 rings (SSSR count). The van der Waals surface area contributed by atoms with Gasteiger partial charge in [-0.05, 0) is 48.2 Å². The lowest BCUT2D eigenvalue weighted by molar-refractivity contribution is -0.141. The number of esters is 2. The average Bonchev–Trinajstić information content (AvgIpc) is 3.38. The van der Waals surface area contributed by atoms with Crippen LogP contribution in [0, 0.1) is 11.8 Å². The summed E-state index contributed by atoms with van der Waals surface area (Å²) < 4.78 is 29.7. The van der Waals surface area contributed by atoms with Crippen LogP contribution >= 0.6 is 0 Å². The Balaban J connectivity index is 1.33. The highest BCUT2D eigenvalue weighted by Crippen LogP contribution is 2.62. The first kappa shape index (κ1) is 32.6. The van der Waals surface area contributed by atoms with Crippen LogP contribution < -0.4 is 14.2 Å². The summed E-state index contributed by atoms with van der Waals surface area (Å²) in [6.07, 6.45) is 0. The first-order valence-corrected chi connectivity index (χ1v) is 16.2. The molecule has 0 amide bonds. The second-order valence-corrected chi connectivity index (χ2v) is 12.8. The van der Waals surface area contributed by atoms with Crippen LogP contribution in [0.1, 0.15) is 49.9 Å². The lowest BCUT2D eigenvalue weighted by atomic mass is 9.66. The Labute approximate surface area is 281 Å². The van der Waals surface area contributed by atoms with Crippen LogP contribution in [0.4, 0.5) is 0 Å². The van der Waals surface area contributed by atoms with Crippen molar-refractivity contribution in [2.24, 2.45) is 11.8 Å². The number of benzene rings is 4. The van der Waals surface area contributed by atoms with E-state index in [0.29, 0.717) is 47.4 Å². The van der Waals surface area contributed by atoms with Gasteiger partial charge in [-0.3, -0.25) is 0 Å². The molecule has 48 heavy (non-hydrogen) atoms. The molecular weight excluding hydrogens is 604 g/mol. The van der Waals surface area contributed by atoms with Gasteiger partial charge < -0.3 is 23.7 Å². The highest BCUT2D eigenvalue weighted by molar-refractivity contribution is 5.89. The van der Waals surface area contributed by atoms with E-state index in [0.717, 1.165) is 11.1 Å². The Hall–Kier alpha value is -5.30. The van der Waals surface area contributed by atoms with Crippen molar-refractivity contribution in [3.05, 3.63) is 131 Å². The molecule has 246 valence electrons. The predicted octanol–water partition coefficient (Wildman–Crippen LogP) is 8.42. The molecular formula is C41H40O7. The van der Waals surface area contributed by atoms with Gasteiger partial charge in [0.05, 0.1) is 31.8 Å². The summed E-state index contributed by atoms with van der Waals surface area (Å²) in [6, 6.07) is 29.1. The summed E-state index contributed by atoms with van der Waals surface area (Å²) in [6.45, 7) is 15.6. The van der Waals surface area contributed by atoms with E-state index >= 15 is 0 Å². The van der Waals surface area contributed by atoms with E-state index in [1.54, 1.807) is 13.8 Å². The highest BCUT2D eigenvalue weighted by Gasteiger charge is 2.51. The standard InChI is InChI=1S/C41H40O7/c1-25(2)39(42)46-23-27(5)21-44-29-15-17-35-37(19-29)48-38-20-30(45-22-28(6)24-47-40(43)26(3)4)16-18-36(38)41(35)33-13-9-7-11-31(33)32-12-8-10-14-34(32)41/h7-20,27-28H,1,3,21-24H2,2,4-6H3. The minimum atomic E-state index is -0.624. The van der Waals surface area contributed by atoms with E-state index in [1.807, 2.05) is 38.1 Å². The molecule has 2 aliphatic rings. The van der Waals surface area contributed by atoms with Crippen LogP contribution in [0.25, 0.3) is 11.1 Å². The van der Waals surface area contributed by atoms with Gasteiger partial charge >= 0.3 is 11.9 Å². The first-order valence-electron chi connectivity index (χ1n) is 16.2. The fraction of sp³-hybridized carbons (Fsp3) is 0.268. The summed E-state index contributed by atoms with van der Waals surface area (Å²) in [5.74, 6) is 1.79. The fourth-order valence-corrected chi connectivity index (χ4v) is 6.31. The molecule has 0 saturated carbocycles. The second kappa shape index (κ2) is 13.4. The monoisotopic (exact) mass is 644 g/mol. The maximum atomic E-state index is 11.8. The van der Waals surface area contributed by atoms with Crippen LogP contribution in [-0.2, 0) is 24.5 Å². The SMILES string of the molecule is C=C(C)C(=O)OCC(C)COc1ccc2c(c1)Oc1cc(OCC(C)COC(=O)C(=C)C)ccc1C21c2ccccc2-c2ccccc21. The Bertz CT molecular complexity index is 1770. The third-order valence-electron chi connectivity index (χ3n) is 8.65. The third-order valence-corrected chi connectivity index (χ3v) is 8.65. The van der Waals surface area contributed by atoms with Crippen molar-refractivity contribution in [2.75, 3.05) is 26.4 Å². The lowest BCUT2D eigenvalue weighted by Crippen LogP contribution is -2.32. The predicted molar refractivity (Wildman–Crippen MR) is 185 cm³/mol. The van der Waals surface area contributed by atoms with Crippen molar-refractivity contribution in [1.29, 1.82) is 0 Å². The molecule has 7 nitrogen and oxygen atoms in total. The molecule has 0 fully saturated rings. The van der Waals surface area contributed by atoms with E-state index in [-0.39, 0.29) is 25.0 Å². The molecule has 0 saturated heterocycles. The Morgan fingerprint density at radius 1 is 0.625 bits per heavy atom. The molecule has 1 aliphatic heterocycles. The van der Waals surface area contributed by atoms with Crippen LogP contribution in [-0.4, -0.2) is 38.4 Å².